The van der Waals surface area contributed by atoms with E-state index in [0.29, 0.717) is 19.5 Å². The van der Waals surface area contributed by atoms with Crippen molar-refractivity contribution in [3.05, 3.63) is 83.4 Å². The van der Waals surface area contributed by atoms with Crippen LogP contribution < -0.4 is 10.6 Å². The highest BCUT2D eigenvalue weighted by Gasteiger charge is 2.21. The Kier molecular flexibility index (Phi) is 6.80. The van der Waals surface area contributed by atoms with Crippen LogP contribution in [0.5, 0.6) is 0 Å². The first kappa shape index (κ1) is 21.6. The Morgan fingerprint density at radius 1 is 0.812 bits per heavy atom. The van der Waals surface area contributed by atoms with Gasteiger partial charge in [0.25, 0.3) is 0 Å². The largest absolute Gasteiger partial charge is 0.350 e. The van der Waals surface area contributed by atoms with E-state index in [4.69, 9.17) is 0 Å². The Hall–Kier alpha value is -3.67. The second kappa shape index (κ2) is 10.1. The van der Waals surface area contributed by atoms with Gasteiger partial charge in [-0.1, -0.05) is 66.7 Å². The molecule has 1 aliphatic heterocycles. The highest BCUT2D eigenvalue weighted by Crippen LogP contribution is 2.19. The number of fused-ring (bicyclic) bond motifs is 1. The van der Waals surface area contributed by atoms with Crippen molar-refractivity contribution in [2.24, 2.45) is 0 Å². The molecule has 0 radical (unpaired) electrons. The molecule has 32 heavy (non-hydrogen) atoms. The lowest BCUT2D eigenvalue weighted by molar-refractivity contribution is -0.128. The molecule has 164 valence electrons. The third kappa shape index (κ3) is 5.32. The van der Waals surface area contributed by atoms with Gasteiger partial charge < -0.3 is 15.5 Å². The van der Waals surface area contributed by atoms with Crippen LogP contribution in [-0.2, 0) is 33.9 Å². The molecule has 3 aromatic rings. The molecular formula is C26H27N3O3. The van der Waals surface area contributed by atoms with E-state index in [0.717, 1.165) is 40.4 Å². The predicted molar refractivity (Wildman–Crippen MR) is 124 cm³/mol. The number of nitrogens with one attached hydrogen (secondary N) is 2. The van der Waals surface area contributed by atoms with E-state index in [2.05, 4.69) is 10.6 Å². The van der Waals surface area contributed by atoms with E-state index in [1.807, 2.05) is 71.6 Å². The van der Waals surface area contributed by atoms with Gasteiger partial charge in [-0.2, -0.15) is 0 Å². The lowest BCUT2D eigenvalue weighted by Crippen LogP contribution is -2.37. The average Bonchev–Trinajstić information content (AvgIpc) is 3.21. The molecule has 0 spiro atoms. The number of amides is 3. The topological polar surface area (TPSA) is 78.5 Å². The Labute approximate surface area is 187 Å². The highest BCUT2D eigenvalue weighted by molar-refractivity contribution is 5.91. The number of likely N-dealkylation sites (tertiary alicyclic amines) is 1. The van der Waals surface area contributed by atoms with Crippen LogP contribution in [0.3, 0.4) is 0 Å². The van der Waals surface area contributed by atoms with E-state index < -0.39 is 0 Å². The Bertz CT molecular complexity index is 1140. The fraction of sp³-hybridized carbons (Fsp3) is 0.269. The maximum absolute atomic E-state index is 12.4. The first-order valence-electron chi connectivity index (χ1n) is 10.9. The molecule has 0 aliphatic carbocycles. The molecule has 1 heterocycles. The Morgan fingerprint density at radius 2 is 1.53 bits per heavy atom. The number of nitrogens with zero attached hydrogens (tertiary/aromatic N) is 1. The van der Waals surface area contributed by atoms with Gasteiger partial charge in [0.05, 0.1) is 13.0 Å². The smallest absolute Gasteiger partial charge is 0.239 e. The van der Waals surface area contributed by atoms with E-state index >= 15 is 0 Å². The highest BCUT2D eigenvalue weighted by atomic mass is 16.2. The summed E-state index contributed by atoms with van der Waals surface area (Å²) in [5, 5.41) is 7.71. The first-order valence-corrected chi connectivity index (χ1v) is 10.9. The van der Waals surface area contributed by atoms with Crippen LogP contribution >= 0.6 is 0 Å². The van der Waals surface area contributed by atoms with Gasteiger partial charge in [0.15, 0.2) is 0 Å². The van der Waals surface area contributed by atoms with Crippen LogP contribution in [0.1, 0.15) is 29.5 Å². The molecule has 2 N–H and O–H groups in total. The number of carbonyl (C=O) groups is 3. The molecule has 1 aliphatic rings. The molecular weight excluding hydrogens is 402 g/mol. The summed E-state index contributed by atoms with van der Waals surface area (Å²) in [4.78, 5) is 38.5. The molecule has 3 aromatic carbocycles. The number of benzene rings is 3. The molecule has 0 atom stereocenters. The molecule has 6 nitrogen and oxygen atoms in total. The van der Waals surface area contributed by atoms with Crippen LogP contribution in [0, 0.1) is 0 Å². The summed E-state index contributed by atoms with van der Waals surface area (Å²) in [5.41, 5.74) is 2.94. The van der Waals surface area contributed by atoms with Crippen LogP contribution in [0.15, 0.2) is 66.7 Å². The summed E-state index contributed by atoms with van der Waals surface area (Å²) in [6.07, 6.45) is 1.73. The molecule has 0 unspecified atom stereocenters. The molecule has 6 heteroatoms. The zero-order chi connectivity index (χ0) is 22.3. The van der Waals surface area contributed by atoms with Gasteiger partial charge in [-0.25, -0.2) is 0 Å². The minimum atomic E-state index is -0.247. The van der Waals surface area contributed by atoms with Crippen LogP contribution in [0.4, 0.5) is 0 Å². The van der Waals surface area contributed by atoms with Gasteiger partial charge in [0.1, 0.15) is 0 Å². The van der Waals surface area contributed by atoms with Crippen molar-refractivity contribution < 1.29 is 14.4 Å². The van der Waals surface area contributed by atoms with Crippen molar-refractivity contribution >= 4 is 28.5 Å². The standard InChI is InChI=1S/C26H27N3O3/c30-24(15-20-11-5-10-19-7-3-4-12-23(19)20)28-17-25(31)27-16-21-8-1-2-9-22(21)18-29-14-6-13-26(29)32/h1-5,7-12H,6,13-18H2,(H,27,31)(H,28,30). The molecule has 0 saturated carbocycles. The normalized spacial score (nSPS) is 13.4. The van der Waals surface area contributed by atoms with Crippen molar-refractivity contribution in [1.29, 1.82) is 0 Å². The van der Waals surface area contributed by atoms with Gasteiger partial charge >= 0.3 is 0 Å². The molecule has 1 saturated heterocycles. The third-order valence-corrected chi connectivity index (χ3v) is 5.80. The maximum Gasteiger partial charge on any atom is 0.239 e. The van der Waals surface area contributed by atoms with Gasteiger partial charge in [0.2, 0.25) is 17.7 Å². The summed E-state index contributed by atoms with van der Waals surface area (Å²) >= 11 is 0. The fourth-order valence-electron chi connectivity index (χ4n) is 4.08. The predicted octanol–water partition coefficient (Wildman–Crippen LogP) is 2.94. The zero-order valence-electron chi connectivity index (χ0n) is 18.0. The maximum atomic E-state index is 12.4. The van der Waals surface area contributed by atoms with Crippen LogP contribution in [0.25, 0.3) is 10.8 Å². The Morgan fingerprint density at radius 3 is 2.34 bits per heavy atom. The van der Waals surface area contributed by atoms with Gasteiger partial charge in [-0.05, 0) is 33.9 Å². The van der Waals surface area contributed by atoms with Gasteiger partial charge in [-0.15, -0.1) is 0 Å². The number of carbonyl (C=O) groups excluding carboxylic acids is 3. The zero-order valence-corrected chi connectivity index (χ0v) is 18.0. The lowest BCUT2D eigenvalue weighted by atomic mass is 10.0. The van der Waals surface area contributed by atoms with Crippen molar-refractivity contribution in [3.8, 4) is 0 Å². The number of rotatable bonds is 8. The fourth-order valence-corrected chi connectivity index (χ4v) is 4.08. The molecule has 1 fully saturated rings. The van der Waals surface area contributed by atoms with Crippen molar-refractivity contribution in [2.75, 3.05) is 13.1 Å². The minimum absolute atomic E-state index is 0.0730. The van der Waals surface area contributed by atoms with Crippen LogP contribution in [0.2, 0.25) is 0 Å². The monoisotopic (exact) mass is 429 g/mol. The van der Waals surface area contributed by atoms with Crippen molar-refractivity contribution in [2.45, 2.75) is 32.4 Å². The number of hydrogen-bond acceptors (Lipinski definition) is 3. The second-order valence-electron chi connectivity index (χ2n) is 8.06. The lowest BCUT2D eigenvalue weighted by Gasteiger charge is -2.18. The molecule has 0 bridgehead atoms. The SMILES string of the molecule is O=C(CNC(=O)Cc1cccc2ccccc12)NCc1ccccc1CN1CCCC1=O. The summed E-state index contributed by atoms with van der Waals surface area (Å²) in [7, 11) is 0. The first-order chi connectivity index (χ1) is 15.6. The van der Waals surface area contributed by atoms with Crippen LogP contribution in [-0.4, -0.2) is 35.7 Å². The summed E-state index contributed by atoms with van der Waals surface area (Å²) < 4.78 is 0. The van der Waals surface area contributed by atoms with E-state index in [1.165, 1.54) is 0 Å². The minimum Gasteiger partial charge on any atom is -0.350 e. The quantitative estimate of drug-likeness (QED) is 0.578. The molecule has 3 amide bonds. The molecule has 4 rings (SSSR count). The van der Waals surface area contributed by atoms with Gasteiger partial charge in [-0.3, -0.25) is 14.4 Å². The van der Waals surface area contributed by atoms with E-state index in [1.54, 1.807) is 0 Å². The van der Waals surface area contributed by atoms with Crippen molar-refractivity contribution in [3.63, 3.8) is 0 Å². The average molecular weight is 430 g/mol. The molecule has 0 aromatic heterocycles. The summed E-state index contributed by atoms with van der Waals surface area (Å²) in [6.45, 7) is 1.63. The van der Waals surface area contributed by atoms with E-state index in [9.17, 15) is 14.4 Å². The number of hydrogen-bond donors (Lipinski definition) is 2. The van der Waals surface area contributed by atoms with E-state index in [-0.39, 0.29) is 30.7 Å². The summed E-state index contributed by atoms with van der Waals surface area (Å²) in [6, 6.07) is 21.6. The second-order valence-corrected chi connectivity index (χ2v) is 8.06. The van der Waals surface area contributed by atoms with Crippen molar-refractivity contribution in [1.82, 2.24) is 15.5 Å². The Balaban J connectivity index is 1.27. The summed E-state index contributed by atoms with van der Waals surface area (Å²) in [5.74, 6) is -0.259. The third-order valence-electron chi connectivity index (χ3n) is 5.80. The van der Waals surface area contributed by atoms with Gasteiger partial charge in [0, 0.05) is 26.1 Å².